The minimum atomic E-state index is -4.30. The molecule has 9 heteroatoms. The topological polar surface area (TPSA) is 108 Å². The molecule has 0 fully saturated rings. The Hall–Kier alpha value is -2.51. The first-order valence-electron chi connectivity index (χ1n) is 19.7. The van der Waals surface area contributed by atoms with Crippen molar-refractivity contribution < 1.29 is 37.6 Å². The van der Waals surface area contributed by atoms with Crippen molar-refractivity contribution in [3.8, 4) is 0 Å². The predicted molar refractivity (Wildman–Crippen MR) is 211 cm³/mol. The van der Waals surface area contributed by atoms with Crippen molar-refractivity contribution in [1.29, 1.82) is 0 Å². The average molecular weight is 735 g/mol. The fourth-order valence-corrected chi connectivity index (χ4v) is 5.65. The summed E-state index contributed by atoms with van der Waals surface area (Å²) in [6.45, 7) is 5.25. The Labute approximate surface area is 311 Å². The molecule has 8 nitrogen and oxygen atoms in total. The number of phosphoric ester groups is 1. The second-order valence-electron chi connectivity index (χ2n) is 12.6. The van der Waals surface area contributed by atoms with E-state index in [1.807, 2.05) is 6.08 Å². The van der Waals surface area contributed by atoms with Gasteiger partial charge in [0.1, 0.15) is 6.61 Å². The van der Waals surface area contributed by atoms with Gasteiger partial charge >= 0.3 is 19.8 Å². The highest BCUT2D eigenvalue weighted by Crippen LogP contribution is 2.43. The number of unbranched alkanes of at least 4 members (excludes halogenated alkanes) is 11. The largest absolute Gasteiger partial charge is 0.472 e. The maximum absolute atomic E-state index is 12.5. The molecule has 0 aliphatic heterocycles. The molecule has 0 radical (unpaired) electrons. The molecule has 51 heavy (non-hydrogen) atoms. The smallest absolute Gasteiger partial charge is 0.462 e. The lowest BCUT2D eigenvalue weighted by molar-refractivity contribution is -0.161. The first-order chi connectivity index (χ1) is 24.8. The Balaban J connectivity index is 4.27. The second-order valence-corrected chi connectivity index (χ2v) is 14.0. The van der Waals surface area contributed by atoms with Crippen LogP contribution in [0.15, 0.2) is 72.9 Å². The van der Waals surface area contributed by atoms with Crippen LogP contribution in [0.3, 0.4) is 0 Å². The summed E-state index contributed by atoms with van der Waals surface area (Å²) in [6.07, 6.45) is 45.3. The summed E-state index contributed by atoms with van der Waals surface area (Å²) in [5, 5.41) is 0. The fourth-order valence-electron chi connectivity index (χ4n) is 4.89. The molecule has 0 rings (SSSR count). The Kier molecular flexibility index (Phi) is 35.4. The number of ether oxygens (including phenoxy) is 2. The summed E-state index contributed by atoms with van der Waals surface area (Å²) in [4.78, 5) is 34.6. The van der Waals surface area contributed by atoms with Gasteiger partial charge in [0.15, 0.2) is 6.10 Å². The van der Waals surface area contributed by atoms with Crippen molar-refractivity contribution >= 4 is 19.8 Å². The number of hydrogen-bond donors (Lipinski definition) is 1. The van der Waals surface area contributed by atoms with Crippen LogP contribution >= 0.6 is 7.82 Å². The SMILES string of the molecule is CC/C=C\C/C=C\C/C=C\C/C=C\C/C=C\CCCC(=O)OC(COC(=O)CCCCCCC/C=C\CCCCCCC)COP(=O)(O)OCC. The highest BCUT2D eigenvalue weighted by atomic mass is 31.2. The van der Waals surface area contributed by atoms with E-state index >= 15 is 0 Å². The number of carbonyl (C=O) groups excluding carboxylic acids is 2. The molecule has 0 aliphatic rings. The zero-order valence-electron chi connectivity index (χ0n) is 32.2. The molecule has 2 unspecified atom stereocenters. The molecule has 0 aliphatic carbocycles. The number of esters is 2. The molecule has 0 heterocycles. The normalized spacial score (nSPS) is 14.2. The molecule has 0 saturated heterocycles. The van der Waals surface area contributed by atoms with Gasteiger partial charge in [-0.05, 0) is 84.0 Å². The summed E-state index contributed by atoms with van der Waals surface area (Å²) in [6, 6.07) is 0. The third-order valence-electron chi connectivity index (χ3n) is 7.75. The van der Waals surface area contributed by atoms with E-state index in [4.69, 9.17) is 18.5 Å². The van der Waals surface area contributed by atoms with Gasteiger partial charge in [0.25, 0.3) is 0 Å². The van der Waals surface area contributed by atoms with Gasteiger partial charge in [0.2, 0.25) is 0 Å². The molecule has 292 valence electrons. The van der Waals surface area contributed by atoms with E-state index in [0.717, 1.165) is 70.6 Å². The summed E-state index contributed by atoms with van der Waals surface area (Å²) >= 11 is 0. The van der Waals surface area contributed by atoms with Crippen molar-refractivity contribution in [2.75, 3.05) is 19.8 Å². The van der Waals surface area contributed by atoms with Crippen LogP contribution in [0.4, 0.5) is 0 Å². The molecule has 0 bridgehead atoms. The zero-order chi connectivity index (χ0) is 37.5. The molecular weight excluding hydrogens is 663 g/mol. The standard InChI is InChI=1S/C42H71O8P/c1-4-7-9-11-13-15-17-19-21-22-23-25-27-29-31-33-35-37-42(44)50-40(39-49-51(45,46)48-6-3)38-47-41(43)36-34-32-30-28-26-24-20-18-16-14-12-10-8-5-2/h7,9,13,15,18-21,23,25,29,31,40H,4-6,8,10-12,14,16-17,22,24,26-28,30,32-39H2,1-3H3,(H,45,46)/b9-7-,15-13-,20-18-,21-19-,25-23-,31-29-. The monoisotopic (exact) mass is 734 g/mol. The zero-order valence-corrected chi connectivity index (χ0v) is 33.1. The van der Waals surface area contributed by atoms with Crippen molar-refractivity contribution in [3.05, 3.63) is 72.9 Å². The maximum Gasteiger partial charge on any atom is 0.472 e. The van der Waals surface area contributed by atoms with E-state index in [1.165, 1.54) is 38.5 Å². The van der Waals surface area contributed by atoms with Crippen LogP contribution in [-0.2, 0) is 32.7 Å². The summed E-state index contributed by atoms with van der Waals surface area (Å²) in [5.74, 6) is -0.883. The van der Waals surface area contributed by atoms with Gasteiger partial charge in [-0.25, -0.2) is 4.57 Å². The highest BCUT2D eigenvalue weighted by molar-refractivity contribution is 7.47. The van der Waals surface area contributed by atoms with Crippen molar-refractivity contribution in [2.24, 2.45) is 0 Å². The molecule has 0 amide bonds. The van der Waals surface area contributed by atoms with Crippen LogP contribution in [0.5, 0.6) is 0 Å². The molecule has 0 saturated carbocycles. The third kappa shape index (κ3) is 37.1. The van der Waals surface area contributed by atoms with Crippen molar-refractivity contribution in [3.63, 3.8) is 0 Å². The van der Waals surface area contributed by atoms with Gasteiger partial charge in [-0.15, -0.1) is 0 Å². The van der Waals surface area contributed by atoms with Crippen molar-refractivity contribution in [1.82, 2.24) is 0 Å². The van der Waals surface area contributed by atoms with Crippen LogP contribution in [0.2, 0.25) is 0 Å². The number of rotatable bonds is 35. The molecule has 2 atom stereocenters. The van der Waals surface area contributed by atoms with Gasteiger partial charge in [0, 0.05) is 12.8 Å². The van der Waals surface area contributed by atoms with Gasteiger partial charge in [-0.1, -0.05) is 132 Å². The van der Waals surface area contributed by atoms with E-state index < -0.39 is 32.5 Å². The fraction of sp³-hybridized carbons (Fsp3) is 0.667. The molecule has 0 aromatic carbocycles. The molecule has 0 aromatic rings. The number of phosphoric acid groups is 1. The minimum Gasteiger partial charge on any atom is -0.462 e. The minimum absolute atomic E-state index is 0.0150. The molecular formula is C42H71O8P. The highest BCUT2D eigenvalue weighted by Gasteiger charge is 2.25. The van der Waals surface area contributed by atoms with Crippen LogP contribution in [0, 0.1) is 0 Å². The molecule has 0 spiro atoms. The van der Waals surface area contributed by atoms with E-state index in [0.29, 0.717) is 12.8 Å². The van der Waals surface area contributed by atoms with Gasteiger partial charge in [-0.2, -0.15) is 0 Å². The van der Waals surface area contributed by atoms with Crippen LogP contribution in [-0.4, -0.2) is 42.8 Å². The predicted octanol–water partition coefficient (Wildman–Crippen LogP) is 12.2. The summed E-state index contributed by atoms with van der Waals surface area (Å²) in [7, 11) is -4.30. The Bertz CT molecular complexity index is 1060. The Morgan fingerprint density at radius 1 is 0.549 bits per heavy atom. The number of carbonyl (C=O) groups is 2. The average Bonchev–Trinajstić information content (AvgIpc) is 3.10. The van der Waals surface area contributed by atoms with Gasteiger partial charge in [0.05, 0.1) is 13.2 Å². The lowest BCUT2D eigenvalue weighted by Gasteiger charge is -2.19. The maximum atomic E-state index is 12.5. The number of allylic oxidation sites excluding steroid dienone is 12. The molecule has 0 aromatic heterocycles. The van der Waals surface area contributed by atoms with E-state index in [9.17, 15) is 19.0 Å². The van der Waals surface area contributed by atoms with E-state index in [1.54, 1.807) is 6.92 Å². The quantitative estimate of drug-likeness (QED) is 0.0297. The number of hydrogen-bond acceptors (Lipinski definition) is 7. The Morgan fingerprint density at radius 3 is 1.59 bits per heavy atom. The second kappa shape index (κ2) is 37.3. The Morgan fingerprint density at radius 2 is 1.02 bits per heavy atom. The van der Waals surface area contributed by atoms with Crippen molar-refractivity contribution in [2.45, 2.75) is 162 Å². The van der Waals surface area contributed by atoms with Gasteiger partial charge < -0.3 is 14.4 Å². The molecule has 1 N–H and O–H groups in total. The first-order valence-corrected chi connectivity index (χ1v) is 21.2. The van der Waals surface area contributed by atoms with Gasteiger partial charge in [-0.3, -0.25) is 18.6 Å². The summed E-state index contributed by atoms with van der Waals surface area (Å²) in [5.41, 5.74) is 0. The lowest BCUT2D eigenvalue weighted by Crippen LogP contribution is -2.29. The van der Waals surface area contributed by atoms with Crippen LogP contribution in [0.1, 0.15) is 156 Å². The lowest BCUT2D eigenvalue weighted by atomic mass is 10.1. The van der Waals surface area contributed by atoms with E-state index in [2.05, 4.69) is 80.7 Å². The first kappa shape index (κ1) is 48.5. The third-order valence-corrected chi connectivity index (χ3v) is 8.81. The van der Waals surface area contributed by atoms with Crippen LogP contribution < -0.4 is 0 Å². The van der Waals surface area contributed by atoms with E-state index in [-0.39, 0.29) is 26.1 Å². The van der Waals surface area contributed by atoms with Crippen LogP contribution in [0.25, 0.3) is 0 Å². The summed E-state index contributed by atoms with van der Waals surface area (Å²) < 4.78 is 32.5.